The topological polar surface area (TPSA) is 57.1 Å². The summed E-state index contributed by atoms with van der Waals surface area (Å²) in [6.07, 6.45) is 22.0. The van der Waals surface area contributed by atoms with Crippen molar-refractivity contribution in [2.24, 2.45) is 0 Å². The summed E-state index contributed by atoms with van der Waals surface area (Å²) in [5.41, 5.74) is 5.19. The first kappa shape index (κ1) is 34.3. The SMILES string of the molecule is C#Cc1cc(OCCCCCCCC)c(C#Cc2cccc(-c3cccc(-c4ccccn4)n3)n2)cc1OCCCCCCCC. The van der Waals surface area contributed by atoms with E-state index < -0.39 is 0 Å². The number of aromatic nitrogens is 3. The highest BCUT2D eigenvalue weighted by molar-refractivity contribution is 5.63. The van der Waals surface area contributed by atoms with Crippen LogP contribution in [0.25, 0.3) is 22.8 Å². The molecule has 0 aliphatic carbocycles. The second-order valence-corrected chi connectivity index (χ2v) is 11.5. The van der Waals surface area contributed by atoms with Crippen molar-refractivity contribution in [1.29, 1.82) is 0 Å². The number of pyridine rings is 3. The van der Waals surface area contributed by atoms with E-state index in [0.29, 0.717) is 36.0 Å². The number of unbranched alkanes of at least 4 members (excludes halogenated alkanes) is 10. The van der Waals surface area contributed by atoms with Crippen LogP contribution in [-0.2, 0) is 0 Å². The first-order valence-corrected chi connectivity index (χ1v) is 17.0. The molecule has 1 aromatic carbocycles. The van der Waals surface area contributed by atoms with Crippen molar-refractivity contribution in [3.63, 3.8) is 0 Å². The minimum atomic E-state index is 0.620. The van der Waals surface area contributed by atoms with E-state index in [4.69, 9.17) is 25.9 Å². The lowest BCUT2D eigenvalue weighted by Crippen LogP contribution is -2.03. The maximum Gasteiger partial charge on any atom is 0.136 e. The van der Waals surface area contributed by atoms with Gasteiger partial charge in [-0.2, -0.15) is 0 Å². The Morgan fingerprint density at radius 3 is 1.74 bits per heavy atom. The number of hydrogen-bond donors (Lipinski definition) is 0. The van der Waals surface area contributed by atoms with E-state index in [-0.39, 0.29) is 0 Å². The van der Waals surface area contributed by atoms with Gasteiger partial charge in [-0.05, 0) is 55.2 Å². The number of terminal acetylenes is 1. The van der Waals surface area contributed by atoms with E-state index in [2.05, 4.69) is 36.6 Å². The van der Waals surface area contributed by atoms with E-state index in [1.54, 1.807) is 6.20 Å². The van der Waals surface area contributed by atoms with Gasteiger partial charge in [0.1, 0.15) is 17.2 Å². The van der Waals surface area contributed by atoms with Gasteiger partial charge in [0.15, 0.2) is 0 Å². The Bertz CT molecular complexity index is 1600. The Morgan fingerprint density at radius 1 is 0.565 bits per heavy atom. The molecule has 5 nitrogen and oxygen atoms in total. The third-order valence-electron chi connectivity index (χ3n) is 7.76. The third kappa shape index (κ3) is 11.1. The molecule has 4 rings (SSSR count). The largest absolute Gasteiger partial charge is 0.492 e. The molecule has 0 unspecified atom stereocenters. The molecule has 0 N–H and O–H groups in total. The summed E-state index contributed by atoms with van der Waals surface area (Å²) in [5.74, 6) is 10.7. The van der Waals surface area contributed by atoms with Gasteiger partial charge >= 0.3 is 0 Å². The van der Waals surface area contributed by atoms with Crippen molar-refractivity contribution in [3.05, 3.63) is 89.7 Å². The van der Waals surface area contributed by atoms with E-state index >= 15 is 0 Å². The summed E-state index contributed by atoms with van der Waals surface area (Å²) in [6, 6.07) is 21.3. The van der Waals surface area contributed by atoms with Gasteiger partial charge in [-0.15, -0.1) is 6.42 Å². The first-order chi connectivity index (χ1) is 22.7. The van der Waals surface area contributed by atoms with Crippen molar-refractivity contribution in [1.82, 2.24) is 15.0 Å². The molecule has 0 spiro atoms. The van der Waals surface area contributed by atoms with Crippen LogP contribution in [0.3, 0.4) is 0 Å². The maximum atomic E-state index is 6.27. The van der Waals surface area contributed by atoms with Gasteiger partial charge in [0.05, 0.1) is 47.1 Å². The summed E-state index contributed by atoms with van der Waals surface area (Å²) < 4.78 is 12.5. The second kappa shape index (κ2) is 19.7. The lowest BCUT2D eigenvalue weighted by molar-refractivity contribution is 0.295. The summed E-state index contributed by atoms with van der Waals surface area (Å²) in [6.45, 7) is 5.72. The van der Waals surface area contributed by atoms with Gasteiger partial charge in [-0.1, -0.05) is 108 Å². The number of rotatable bonds is 18. The van der Waals surface area contributed by atoms with Gasteiger partial charge < -0.3 is 9.47 Å². The normalized spacial score (nSPS) is 10.5. The Labute approximate surface area is 276 Å². The minimum Gasteiger partial charge on any atom is -0.492 e. The van der Waals surface area contributed by atoms with Gasteiger partial charge in [0.2, 0.25) is 0 Å². The number of hydrogen-bond acceptors (Lipinski definition) is 5. The van der Waals surface area contributed by atoms with E-state index in [1.165, 1.54) is 51.4 Å². The number of ether oxygens (including phenoxy) is 2. The van der Waals surface area contributed by atoms with Crippen molar-refractivity contribution in [3.8, 4) is 58.5 Å². The van der Waals surface area contributed by atoms with Crippen LogP contribution in [0, 0.1) is 24.2 Å². The molecule has 0 aliphatic heterocycles. The van der Waals surface area contributed by atoms with Gasteiger partial charge in [-0.25, -0.2) is 9.97 Å². The molecule has 0 bridgehead atoms. The summed E-state index contributed by atoms with van der Waals surface area (Å²) in [4.78, 5) is 14.1. The molecule has 0 aliphatic rings. The van der Waals surface area contributed by atoms with E-state index in [1.807, 2.05) is 66.7 Å². The predicted molar refractivity (Wildman–Crippen MR) is 189 cm³/mol. The molecule has 46 heavy (non-hydrogen) atoms. The molecule has 0 fully saturated rings. The molecule has 0 saturated heterocycles. The van der Waals surface area contributed by atoms with Crippen molar-refractivity contribution in [2.45, 2.75) is 90.9 Å². The molecule has 0 amide bonds. The van der Waals surface area contributed by atoms with Crippen LogP contribution < -0.4 is 9.47 Å². The summed E-state index contributed by atoms with van der Waals surface area (Å²) in [7, 11) is 0. The highest BCUT2D eigenvalue weighted by Gasteiger charge is 2.11. The molecule has 0 saturated carbocycles. The molecule has 4 aromatic rings. The van der Waals surface area contributed by atoms with Crippen molar-refractivity contribution < 1.29 is 9.47 Å². The average Bonchev–Trinajstić information content (AvgIpc) is 3.11. The highest BCUT2D eigenvalue weighted by atomic mass is 16.5. The fourth-order valence-electron chi connectivity index (χ4n) is 5.15. The monoisotopic (exact) mass is 613 g/mol. The zero-order chi connectivity index (χ0) is 32.2. The third-order valence-corrected chi connectivity index (χ3v) is 7.76. The lowest BCUT2D eigenvalue weighted by atomic mass is 10.1. The van der Waals surface area contributed by atoms with E-state index in [9.17, 15) is 0 Å². The average molecular weight is 614 g/mol. The highest BCUT2D eigenvalue weighted by Crippen LogP contribution is 2.29. The fourth-order valence-corrected chi connectivity index (χ4v) is 5.15. The minimum absolute atomic E-state index is 0.620. The lowest BCUT2D eigenvalue weighted by Gasteiger charge is -2.14. The predicted octanol–water partition coefficient (Wildman–Crippen LogP) is 10.1. The first-order valence-electron chi connectivity index (χ1n) is 17.0. The zero-order valence-corrected chi connectivity index (χ0v) is 27.6. The molecule has 0 atom stereocenters. The van der Waals surface area contributed by atoms with E-state index in [0.717, 1.165) is 54.0 Å². The van der Waals surface area contributed by atoms with Crippen molar-refractivity contribution >= 4 is 0 Å². The molecular weight excluding hydrogens is 566 g/mol. The van der Waals surface area contributed by atoms with Crippen LogP contribution in [0.15, 0.2) is 72.9 Å². The number of benzene rings is 1. The van der Waals surface area contributed by atoms with Crippen LogP contribution in [0.5, 0.6) is 11.5 Å². The Balaban J connectivity index is 1.53. The molecule has 238 valence electrons. The van der Waals surface area contributed by atoms with Crippen LogP contribution in [0.4, 0.5) is 0 Å². The van der Waals surface area contributed by atoms with Crippen molar-refractivity contribution in [2.75, 3.05) is 13.2 Å². The molecular formula is C41H47N3O2. The van der Waals surface area contributed by atoms with Gasteiger partial charge in [-0.3, -0.25) is 4.98 Å². The standard InChI is InChI=1S/C41H47N3O2/c1-4-7-9-11-13-17-29-45-40-32-34(41(31-33(40)6-3)46-30-18-14-12-10-8-5-2)26-27-35-21-19-23-38(43-35)39-25-20-24-37(44-39)36-22-15-16-28-42-36/h3,15-16,19-25,28,31-32H,4-5,7-14,17-18,29-30H2,1-2H3. The quantitative estimate of drug-likeness (QED) is 0.0826. The molecule has 5 heteroatoms. The summed E-state index contributed by atoms with van der Waals surface area (Å²) in [5, 5.41) is 0. The number of nitrogens with zero attached hydrogens (tertiary/aromatic N) is 3. The Hall–Kier alpha value is -4.61. The van der Waals surface area contributed by atoms with Crippen LogP contribution in [0.1, 0.15) is 108 Å². The van der Waals surface area contributed by atoms with Gasteiger partial charge in [0, 0.05) is 18.3 Å². The van der Waals surface area contributed by atoms with Crippen LogP contribution >= 0.6 is 0 Å². The summed E-state index contributed by atoms with van der Waals surface area (Å²) >= 11 is 0. The van der Waals surface area contributed by atoms with Crippen LogP contribution in [-0.4, -0.2) is 28.2 Å². The molecule has 3 aromatic heterocycles. The second-order valence-electron chi connectivity index (χ2n) is 11.5. The molecule has 3 heterocycles. The zero-order valence-electron chi connectivity index (χ0n) is 27.6. The Kier molecular flexibility index (Phi) is 14.7. The van der Waals surface area contributed by atoms with Crippen LogP contribution in [0.2, 0.25) is 0 Å². The molecule has 0 radical (unpaired) electrons. The maximum absolute atomic E-state index is 6.27. The van der Waals surface area contributed by atoms with Gasteiger partial charge in [0.25, 0.3) is 0 Å². The Morgan fingerprint density at radius 2 is 1.11 bits per heavy atom. The smallest absolute Gasteiger partial charge is 0.136 e. The fraction of sp³-hybridized carbons (Fsp3) is 0.390.